The van der Waals surface area contributed by atoms with E-state index in [4.69, 9.17) is 15.9 Å². The Morgan fingerprint density at radius 2 is 1.83 bits per heavy atom. The average molecular weight is 227 g/mol. The fourth-order valence-electron chi connectivity index (χ4n) is 0.402. The molecule has 0 heterocycles. The number of hydrogen-bond acceptors (Lipinski definition) is 3. The molecular weight excluding hydrogens is 217 g/mol. The summed E-state index contributed by atoms with van der Waals surface area (Å²) in [4.78, 5) is 19.9. The second-order valence-electron chi connectivity index (χ2n) is 1.88. The van der Waals surface area contributed by atoms with Crippen molar-refractivity contribution in [3.8, 4) is 0 Å². The number of aliphatic carboxylic acids is 2. The SMILES string of the molecule is N[C@@H](CCC(=O)O)C(=O)O.[Fe].[H-].[Na+]. The van der Waals surface area contributed by atoms with E-state index >= 15 is 0 Å². The number of carbonyl (C=O) groups is 2. The molecule has 0 amide bonds. The van der Waals surface area contributed by atoms with Crippen LogP contribution in [-0.2, 0) is 26.7 Å². The van der Waals surface area contributed by atoms with Crippen molar-refractivity contribution in [2.75, 3.05) is 0 Å². The van der Waals surface area contributed by atoms with Gasteiger partial charge in [-0.2, -0.15) is 0 Å². The third-order valence-electron chi connectivity index (χ3n) is 0.986. The van der Waals surface area contributed by atoms with Gasteiger partial charge in [-0.25, -0.2) is 0 Å². The maximum atomic E-state index is 9.99. The van der Waals surface area contributed by atoms with Crippen LogP contribution in [0.25, 0.3) is 0 Å². The first kappa shape index (κ1) is 18.3. The molecule has 1 atom stereocenters. The number of hydrogen-bond donors (Lipinski definition) is 3. The van der Waals surface area contributed by atoms with E-state index < -0.39 is 18.0 Å². The molecule has 12 heavy (non-hydrogen) atoms. The van der Waals surface area contributed by atoms with Crippen molar-refractivity contribution >= 4 is 11.9 Å². The van der Waals surface area contributed by atoms with Crippen LogP contribution in [0.15, 0.2) is 0 Å². The molecule has 0 aromatic carbocycles. The topological polar surface area (TPSA) is 101 Å². The van der Waals surface area contributed by atoms with Crippen LogP contribution in [0.4, 0.5) is 0 Å². The first-order valence-electron chi connectivity index (χ1n) is 2.74. The Balaban J connectivity index is -0.000000135. The molecule has 5 nitrogen and oxygen atoms in total. The summed E-state index contributed by atoms with van der Waals surface area (Å²) in [6, 6.07) is -1.06. The summed E-state index contributed by atoms with van der Waals surface area (Å²) in [6.07, 6.45) is -0.224. The van der Waals surface area contributed by atoms with Gasteiger partial charge in [0, 0.05) is 23.5 Å². The van der Waals surface area contributed by atoms with Crippen molar-refractivity contribution in [3.05, 3.63) is 0 Å². The minimum atomic E-state index is -1.17. The molecule has 68 valence electrons. The third-order valence-corrected chi connectivity index (χ3v) is 0.986. The van der Waals surface area contributed by atoms with Gasteiger partial charge in [-0.1, -0.05) is 0 Å². The van der Waals surface area contributed by atoms with Gasteiger partial charge in [0.25, 0.3) is 0 Å². The molecule has 7 heteroatoms. The Morgan fingerprint density at radius 3 is 2.08 bits per heavy atom. The summed E-state index contributed by atoms with van der Waals surface area (Å²) in [5, 5.41) is 16.3. The molecule has 0 saturated carbocycles. The van der Waals surface area contributed by atoms with Crippen LogP contribution in [0.2, 0.25) is 0 Å². The monoisotopic (exact) mass is 227 g/mol. The van der Waals surface area contributed by atoms with Gasteiger partial charge in [0.2, 0.25) is 0 Å². The minimum absolute atomic E-state index is 0. The van der Waals surface area contributed by atoms with E-state index in [1.807, 2.05) is 0 Å². The second-order valence-corrected chi connectivity index (χ2v) is 1.88. The summed E-state index contributed by atoms with van der Waals surface area (Å²) in [5.74, 6) is -2.20. The quantitative estimate of drug-likeness (QED) is 0.430. The van der Waals surface area contributed by atoms with Gasteiger partial charge in [0.05, 0.1) is 0 Å². The number of nitrogens with two attached hydrogens (primary N) is 1. The molecule has 0 saturated heterocycles. The molecule has 0 radical (unpaired) electrons. The zero-order valence-corrected chi connectivity index (χ0v) is 9.74. The van der Waals surface area contributed by atoms with E-state index in [9.17, 15) is 9.59 Å². The number of rotatable bonds is 4. The molecule has 0 unspecified atom stereocenters. The number of carboxylic acids is 2. The maximum absolute atomic E-state index is 9.99. The van der Waals surface area contributed by atoms with Gasteiger partial charge >= 0.3 is 41.5 Å². The van der Waals surface area contributed by atoms with Crippen molar-refractivity contribution in [2.45, 2.75) is 18.9 Å². The molecule has 0 rings (SSSR count). The summed E-state index contributed by atoms with van der Waals surface area (Å²) >= 11 is 0. The molecule has 0 aliphatic heterocycles. The van der Waals surface area contributed by atoms with E-state index in [0.29, 0.717) is 0 Å². The molecule has 0 fully saturated rings. The van der Waals surface area contributed by atoms with E-state index in [1.165, 1.54) is 0 Å². The summed E-state index contributed by atoms with van der Waals surface area (Å²) < 4.78 is 0. The van der Waals surface area contributed by atoms with Gasteiger partial charge in [0.1, 0.15) is 6.04 Å². The fraction of sp³-hybridized carbons (Fsp3) is 0.600. The predicted octanol–water partition coefficient (Wildman–Crippen LogP) is -3.62. The molecule has 0 spiro atoms. The van der Waals surface area contributed by atoms with Crippen molar-refractivity contribution in [1.82, 2.24) is 0 Å². The van der Waals surface area contributed by atoms with Crippen LogP contribution in [0.1, 0.15) is 14.3 Å². The van der Waals surface area contributed by atoms with Crippen molar-refractivity contribution < 1.29 is 67.9 Å². The third kappa shape index (κ3) is 10.4. The van der Waals surface area contributed by atoms with E-state index in [-0.39, 0.29) is 60.9 Å². The zero-order chi connectivity index (χ0) is 8.15. The molecule has 0 aliphatic carbocycles. The smallest absolute Gasteiger partial charge is 1.00 e. The molecule has 0 bridgehead atoms. The Labute approximate surface area is 104 Å². The average Bonchev–Trinajstić information content (AvgIpc) is 1.82. The maximum Gasteiger partial charge on any atom is 1.00 e. The molecule has 0 aromatic heterocycles. The van der Waals surface area contributed by atoms with Crippen molar-refractivity contribution in [3.63, 3.8) is 0 Å². The first-order chi connectivity index (χ1) is 4.54. The standard InChI is InChI=1S/C5H9NO4.Fe.Na.H/c6-3(5(9)10)1-2-4(7)8;;;/h3H,1-2,6H2,(H,7,8)(H,9,10);;;/q;;+1;-1/t3-;;;/m0.../s1. The van der Waals surface area contributed by atoms with Crippen LogP contribution in [-0.4, -0.2) is 28.2 Å². The number of carboxylic acid groups (broad SMARTS) is 2. The fourth-order valence-corrected chi connectivity index (χ4v) is 0.402. The summed E-state index contributed by atoms with van der Waals surface area (Å²) in [7, 11) is 0. The normalized spacial score (nSPS) is 10.4. The van der Waals surface area contributed by atoms with Crippen molar-refractivity contribution in [2.24, 2.45) is 5.73 Å². The van der Waals surface area contributed by atoms with Gasteiger partial charge in [-0.05, 0) is 6.42 Å². The molecular formula is C5H10FeNNaO4. The summed E-state index contributed by atoms with van der Waals surface area (Å²) in [6.45, 7) is 0. The van der Waals surface area contributed by atoms with E-state index in [1.54, 1.807) is 0 Å². The van der Waals surface area contributed by atoms with Gasteiger partial charge in [0.15, 0.2) is 0 Å². The van der Waals surface area contributed by atoms with Crippen LogP contribution in [0.5, 0.6) is 0 Å². The summed E-state index contributed by atoms with van der Waals surface area (Å²) in [5.41, 5.74) is 5.00. The van der Waals surface area contributed by atoms with E-state index in [0.717, 1.165) is 0 Å². The predicted molar refractivity (Wildman–Crippen MR) is 33.6 cm³/mol. The Kier molecular flexibility index (Phi) is 14.5. The largest absolute Gasteiger partial charge is 1.00 e. The van der Waals surface area contributed by atoms with E-state index in [2.05, 4.69) is 0 Å². The zero-order valence-electron chi connectivity index (χ0n) is 7.63. The molecule has 0 aromatic rings. The van der Waals surface area contributed by atoms with Gasteiger partial charge in [-0.15, -0.1) is 0 Å². The molecule has 0 aliphatic rings. The van der Waals surface area contributed by atoms with Gasteiger partial charge in [-0.3, -0.25) is 9.59 Å². The Hall–Kier alpha value is 0.419. The van der Waals surface area contributed by atoms with Gasteiger partial charge < -0.3 is 17.4 Å². The second kappa shape index (κ2) is 9.51. The van der Waals surface area contributed by atoms with Crippen molar-refractivity contribution in [1.29, 1.82) is 0 Å². The van der Waals surface area contributed by atoms with Crippen LogP contribution >= 0.6 is 0 Å². The Morgan fingerprint density at radius 1 is 1.42 bits per heavy atom. The minimum Gasteiger partial charge on any atom is -1.00 e. The first-order valence-corrected chi connectivity index (χ1v) is 2.74. The molecule has 4 N–H and O–H groups in total. The van der Waals surface area contributed by atoms with Crippen LogP contribution < -0.4 is 35.3 Å². The van der Waals surface area contributed by atoms with Crippen LogP contribution in [0, 0.1) is 0 Å². The Bertz CT molecular complexity index is 159. The van der Waals surface area contributed by atoms with Crippen LogP contribution in [0.3, 0.4) is 0 Å².